The third-order valence-electron chi connectivity index (χ3n) is 4.40. The van der Waals surface area contributed by atoms with Gasteiger partial charge in [-0.15, -0.1) is 0 Å². The fourth-order valence-corrected chi connectivity index (χ4v) is 2.98. The van der Waals surface area contributed by atoms with Gasteiger partial charge in [-0.25, -0.2) is 4.68 Å². The number of hydrogen-bond acceptors (Lipinski definition) is 4. The topological polar surface area (TPSA) is 79.9 Å². The molecule has 0 aliphatic heterocycles. The number of aryl methyl sites for hydroxylation is 1. The first-order valence-corrected chi connectivity index (χ1v) is 9.30. The van der Waals surface area contributed by atoms with Crippen LogP contribution < -0.4 is 10.1 Å². The summed E-state index contributed by atoms with van der Waals surface area (Å²) >= 11 is 0. The van der Waals surface area contributed by atoms with Gasteiger partial charge < -0.3 is 10.1 Å². The summed E-state index contributed by atoms with van der Waals surface area (Å²) in [4.78, 5) is 12.0. The molecule has 0 unspecified atom stereocenters. The first-order valence-electron chi connectivity index (χ1n) is 9.30. The molecule has 146 valence electrons. The van der Waals surface area contributed by atoms with Crippen molar-refractivity contribution in [1.29, 1.82) is 5.26 Å². The molecule has 1 aromatic heterocycles. The van der Waals surface area contributed by atoms with Crippen LogP contribution >= 0.6 is 0 Å². The Balaban J connectivity index is 2.15. The summed E-state index contributed by atoms with van der Waals surface area (Å²) in [7, 11) is 1.50. The molecule has 3 aromatic rings. The summed E-state index contributed by atoms with van der Waals surface area (Å²) in [6.07, 6.45) is 3.38. The van der Waals surface area contributed by atoms with Crippen LogP contribution in [0.3, 0.4) is 0 Å². The molecule has 0 bridgehead atoms. The number of carbonyl (C=O) groups is 1. The van der Waals surface area contributed by atoms with E-state index in [1.165, 1.54) is 7.05 Å². The number of rotatable bonds is 6. The molecule has 0 aliphatic rings. The number of carbonyl (C=O) groups excluding carboxylic acids is 1. The highest BCUT2D eigenvalue weighted by Gasteiger charge is 2.15. The number of likely N-dealkylation sites (N-methyl/N-ethyl adjacent to an activating group) is 1. The standard InChI is InChI=1S/C23H22N4O2/c1-4-29-21-11-10-17(12-16(21)2)22-19(13-18(14-24)23(28)25-3)15-27(26-22)20-8-6-5-7-9-20/h5-13,15H,4H2,1-3H3,(H,25,28). The monoisotopic (exact) mass is 386 g/mol. The van der Waals surface area contributed by atoms with Crippen LogP contribution in [-0.4, -0.2) is 29.3 Å². The Morgan fingerprint density at radius 3 is 2.66 bits per heavy atom. The summed E-state index contributed by atoms with van der Waals surface area (Å²) in [6, 6.07) is 17.5. The Kier molecular flexibility index (Phi) is 6.10. The summed E-state index contributed by atoms with van der Waals surface area (Å²) in [6.45, 7) is 4.51. The maximum atomic E-state index is 12.0. The molecule has 6 heteroatoms. The van der Waals surface area contributed by atoms with Gasteiger partial charge in [0.1, 0.15) is 23.1 Å². The van der Waals surface area contributed by atoms with E-state index in [1.54, 1.807) is 10.8 Å². The van der Waals surface area contributed by atoms with Gasteiger partial charge >= 0.3 is 0 Å². The maximum absolute atomic E-state index is 12.0. The van der Waals surface area contributed by atoms with Gasteiger partial charge in [0.2, 0.25) is 0 Å². The first kappa shape index (κ1) is 19.9. The molecule has 29 heavy (non-hydrogen) atoms. The van der Waals surface area contributed by atoms with Gasteiger partial charge in [0.05, 0.1) is 12.3 Å². The van der Waals surface area contributed by atoms with E-state index in [-0.39, 0.29) is 5.57 Å². The van der Waals surface area contributed by atoms with Gasteiger partial charge in [-0.2, -0.15) is 10.4 Å². The van der Waals surface area contributed by atoms with Crippen LogP contribution in [0.25, 0.3) is 23.0 Å². The van der Waals surface area contributed by atoms with E-state index in [1.807, 2.05) is 74.6 Å². The van der Waals surface area contributed by atoms with Gasteiger partial charge in [-0.05, 0) is 55.8 Å². The van der Waals surface area contributed by atoms with Crippen molar-refractivity contribution in [3.8, 4) is 28.8 Å². The molecule has 0 saturated heterocycles. The zero-order valence-corrected chi connectivity index (χ0v) is 16.6. The number of benzene rings is 2. The Labute approximate surface area is 170 Å². The van der Waals surface area contributed by atoms with Crippen molar-refractivity contribution in [1.82, 2.24) is 15.1 Å². The zero-order valence-electron chi connectivity index (χ0n) is 16.6. The zero-order chi connectivity index (χ0) is 20.8. The van der Waals surface area contributed by atoms with Crippen LogP contribution in [0.2, 0.25) is 0 Å². The van der Waals surface area contributed by atoms with Crippen LogP contribution in [0.1, 0.15) is 18.1 Å². The maximum Gasteiger partial charge on any atom is 0.261 e. The highest BCUT2D eigenvalue weighted by atomic mass is 16.5. The van der Waals surface area contributed by atoms with Gasteiger partial charge in [0.25, 0.3) is 5.91 Å². The van der Waals surface area contributed by atoms with Crippen LogP contribution in [-0.2, 0) is 4.79 Å². The summed E-state index contributed by atoms with van der Waals surface area (Å²) in [5.74, 6) is 0.382. The molecule has 0 fully saturated rings. The number of ether oxygens (including phenoxy) is 1. The van der Waals surface area contributed by atoms with Gasteiger partial charge in [-0.3, -0.25) is 4.79 Å². The molecule has 6 nitrogen and oxygen atoms in total. The Morgan fingerprint density at radius 2 is 2.03 bits per heavy atom. The lowest BCUT2D eigenvalue weighted by Crippen LogP contribution is -2.19. The largest absolute Gasteiger partial charge is 0.494 e. The van der Waals surface area contributed by atoms with Crippen LogP contribution in [0.15, 0.2) is 60.3 Å². The Morgan fingerprint density at radius 1 is 1.28 bits per heavy atom. The lowest BCUT2D eigenvalue weighted by Gasteiger charge is -2.08. The van der Waals surface area contributed by atoms with Crippen molar-refractivity contribution in [3.63, 3.8) is 0 Å². The average Bonchev–Trinajstić information content (AvgIpc) is 3.17. The molecule has 0 spiro atoms. The van der Waals surface area contributed by atoms with E-state index in [4.69, 9.17) is 9.84 Å². The molecule has 1 amide bonds. The van der Waals surface area contributed by atoms with Crippen LogP contribution in [0, 0.1) is 18.3 Å². The van der Waals surface area contributed by atoms with Crippen molar-refractivity contribution in [2.75, 3.05) is 13.7 Å². The number of nitrogens with zero attached hydrogens (tertiary/aromatic N) is 3. The first-order chi connectivity index (χ1) is 14.1. The quantitative estimate of drug-likeness (QED) is 0.515. The van der Waals surface area contributed by atoms with E-state index in [2.05, 4.69) is 5.32 Å². The van der Waals surface area contributed by atoms with E-state index < -0.39 is 5.91 Å². The predicted octanol–water partition coefficient (Wildman–Crippen LogP) is 3.90. The Hall–Kier alpha value is -3.85. The van der Waals surface area contributed by atoms with E-state index >= 15 is 0 Å². The number of aromatic nitrogens is 2. The summed E-state index contributed by atoms with van der Waals surface area (Å²) in [5, 5.41) is 16.6. The molecule has 0 radical (unpaired) electrons. The van der Waals surface area contributed by atoms with E-state index in [9.17, 15) is 10.1 Å². The van der Waals surface area contributed by atoms with E-state index in [0.717, 1.165) is 22.6 Å². The van der Waals surface area contributed by atoms with Gasteiger partial charge in [-0.1, -0.05) is 18.2 Å². The lowest BCUT2D eigenvalue weighted by molar-refractivity contribution is -0.116. The second-order valence-electron chi connectivity index (χ2n) is 6.38. The van der Waals surface area contributed by atoms with Crippen LogP contribution in [0.4, 0.5) is 0 Å². The number of hydrogen-bond donors (Lipinski definition) is 1. The van der Waals surface area contributed by atoms with Crippen molar-refractivity contribution < 1.29 is 9.53 Å². The Bertz CT molecular complexity index is 1090. The highest BCUT2D eigenvalue weighted by molar-refractivity contribution is 6.02. The van der Waals surface area contributed by atoms with Gasteiger partial charge in [0.15, 0.2) is 0 Å². The second kappa shape index (κ2) is 8.89. The molecule has 1 N–H and O–H groups in total. The summed E-state index contributed by atoms with van der Waals surface area (Å²) in [5.41, 5.74) is 4.12. The van der Waals surface area contributed by atoms with Gasteiger partial charge in [0, 0.05) is 24.4 Å². The third kappa shape index (κ3) is 4.36. The molecule has 0 saturated carbocycles. The number of amides is 1. The van der Waals surface area contributed by atoms with Crippen molar-refractivity contribution in [2.24, 2.45) is 0 Å². The lowest BCUT2D eigenvalue weighted by atomic mass is 10.0. The molecular weight excluding hydrogens is 364 g/mol. The number of nitriles is 1. The molecule has 2 aromatic carbocycles. The minimum absolute atomic E-state index is 0.0176. The summed E-state index contributed by atoms with van der Waals surface area (Å²) < 4.78 is 7.37. The molecule has 0 atom stereocenters. The van der Waals surface area contributed by atoms with E-state index in [0.29, 0.717) is 17.9 Å². The average molecular weight is 386 g/mol. The minimum atomic E-state index is -0.436. The highest BCUT2D eigenvalue weighted by Crippen LogP contribution is 2.29. The molecular formula is C23H22N4O2. The smallest absolute Gasteiger partial charge is 0.261 e. The minimum Gasteiger partial charge on any atom is -0.494 e. The number of para-hydroxylation sites is 1. The van der Waals surface area contributed by atoms with Crippen molar-refractivity contribution in [3.05, 3.63) is 71.4 Å². The van der Waals surface area contributed by atoms with Crippen molar-refractivity contribution >= 4 is 12.0 Å². The predicted molar refractivity (Wildman–Crippen MR) is 113 cm³/mol. The van der Waals surface area contributed by atoms with Crippen LogP contribution in [0.5, 0.6) is 5.75 Å². The molecule has 3 rings (SSSR count). The third-order valence-corrected chi connectivity index (χ3v) is 4.40. The fourth-order valence-electron chi connectivity index (χ4n) is 2.98. The second-order valence-corrected chi connectivity index (χ2v) is 6.38. The normalized spacial score (nSPS) is 11.0. The number of nitrogens with one attached hydrogen (secondary N) is 1. The molecule has 1 heterocycles. The SMILES string of the molecule is CCOc1ccc(-c2nn(-c3ccccc3)cc2C=C(C#N)C(=O)NC)cc1C. The molecule has 0 aliphatic carbocycles. The van der Waals surface area contributed by atoms with Crippen molar-refractivity contribution in [2.45, 2.75) is 13.8 Å². The fraction of sp³-hybridized carbons (Fsp3) is 0.174.